The number of rotatable bonds is 6. The zero-order chi connectivity index (χ0) is 18.6. The average molecular weight is 368 g/mol. The number of nitrogens with zero attached hydrogens (tertiary/aromatic N) is 4. The third-order valence-corrected chi connectivity index (χ3v) is 4.81. The van der Waals surface area contributed by atoms with Gasteiger partial charge in [-0.2, -0.15) is 5.10 Å². The van der Waals surface area contributed by atoms with Crippen LogP contribution in [0.1, 0.15) is 17.3 Å². The maximum absolute atomic E-state index is 12.5. The molecule has 0 saturated carbocycles. The Bertz CT molecular complexity index is 924. The third kappa shape index (κ3) is 3.74. The van der Waals surface area contributed by atoms with E-state index >= 15 is 0 Å². The minimum atomic E-state index is -0.320. The number of hydrogen-bond donors (Lipinski definition) is 0. The molecule has 0 radical (unpaired) electrons. The highest BCUT2D eigenvalue weighted by Gasteiger charge is 2.21. The zero-order valence-electron chi connectivity index (χ0n) is 15.5. The summed E-state index contributed by atoms with van der Waals surface area (Å²) in [6, 6.07) is 9.69. The van der Waals surface area contributed by atoms with Crippen molar-refractivity contribution in [2.45, 2.75) is 13.5 Å². The highest BCUT2D eigenvalue weighted by Crippen LogP contribution is 2.27. The maximum atomic E-state index is 12.5. The number of carbonyl (C=O) groups excluding carboxylic acids is 1. The largest absolute Gasteiger partial charge is 0.462 e. The van der Waals surface area contributed by atoms with E-state index in [1.807, 2.05) is 58.7 Å². The molecule has 27 heavy (non-hydrogen) atoms. The first-order chi connectivity index (χ1) is 13.3. The minimum Gasteiger partial charge on any atom is -0.462 e. The summed E-state index contributed by atoms with van der Waals surface area (Å²) in [5, 5.41) is 4.72. The van der Waals surface area contributed by atoms with E-state index in [4.69, 9.17) is 14.6 Å². The summed E-state index contributed by atoms with van der Waals surface area (Å²) in [6.07, 6.45) is 3.91. The van der Waals surface area contributed by atoms with Crippen molar-refractivity contribution < 1.29 is 14.3 Å². The predicted molar refractivity (Wildman–Crippen MR) is 102 cm³/mol. The summed E-state index contributed by atoms with van der Waals surface area (Å²) in [7, 11) is 0. The Hall–Kier alpha value is -2.64. The van der Waals surface area contributed by atoms with Crippen molar-refractivity contribution >= 4 is 11.5 Å². The molecule has 7 nitrogen and oxygen atoms in total. The molecular formula is C20H24N4O3. The summed E-state index contributed by atoms with van der Waals surface area (Å²) in [5.41, 5.74) is 3.03. The molecule has 0 spiro atoms. The van der Waals surface area contributed by atoms with Gasteiger partial charge in [0.1, 0.15) is 5.69 Å². The van der Waals surface area contributed by atoms with Crippen LogP contribution < -0.4 is 0 Å². The number of hydrogen-bond acceptors (Lipinski definition) is 5. The van der Waals surface area contributed by atoms with Crippen LogP contribution in [-0.2, 0) is 16.0 Å². The standard InChI is InChI=1S/C20H24N4O3/c1-2-27-20(25)17-15-16-5-3-4-7-24(16)19(17)18-6-8-23(21-18)10-9-22-11-13-26-14-12-22/h3-8,15H,2,9-14H2,1H3. The fourth-order valence-corrected chi connectivity index (χ4v) is 3.43. The zero-order valence-corrected chi connectivity index (χ0v) is 15.5. The first-order valence-electron chi connectivity index (χ1n) is 9.37. The van der Waals surface area contributed by atoms with Crippen LogP contribution >= 0.6 is 0 Å². The molecule has 3 aromatic rings. The molecule has 1 saturated heterocycles. The number of pyridine rings is 1. The van der Waals surface area contributed by atoms with Gasteiger partial charge in [0.2, 0.25) is 0 Å². The van der Waals surface area contributed by atoms with Crippen molar-refractivity contribution in [2.24, 2.45) is 0 Å². The van der Waals surface area contributed by atoms with Crippen LogP contribution in [0.4, 0.5) is 0 Å². The van der Waals surface area contributed by atoms with Gasteiger partial charge in [0, 0.05) is 37.5 Å². The molecule has 142 valence electrons. The predicted octanol–water partition coefficient (Wildman–Crippen LogP) is 2.31. The SMILES string of the molecule is CCOC(=O)c1cc2ccccn2c1-c1ccn(CCN2CCOCC2)n1. The van der Waals surface area contributed by atoms with Crippen molar-refractivity contribution in [1.82, 2.24) is 19.1 Å². The van der Waals surface area contributed by atoms with Crippen LogP contribution in [0.15, 0.2) is 42.7 Å². The number of ether oxygens (including phenoxy) is 2. The molecule has 0 N–H and O–H groups in total. The molecule has 0 aromatic carbocycles. The van der Waals surface area contributed by atoms with E-state index in [0.717, 1.165) is 56.3 Å². The van der Waals surface area contributed by atoms with Gasteiger partial charge in [-0.15, -0.1) is 0 Å². The highest BCUT2D eigenvalue weighted by atomic mass is 16.5. The molecule has 1 fully saturated rings. The van der Waals surface area contributed by atoms with Crippen LogP contribution in [0.5, 0.6) is 0 Å². The maximum Gasteiger partial charge on any atom is 0.340 e. The summed E-state index contributed by atoms with van der Waals surface area (Å²) in [4.78, 5) is 14.8. The second kappa shape index (κ2) is 7.94. The minimum absolute atomic E-state index is 0.320. The van der Waals surface area contributed by atoms with Gasteiger partial charge in [-0.05, 0) is 31.2 Å². The Morgan fingerprint density at radius 1 is 1.19 bits per heavy atom. The molecule has 0 bridgehead atoms. The fourth-order valence-electron chi connectivity index (χ4n) is 3.43. The lowest BCUT2D eigenvalue weighted by molar-refractivity contribution is 0.0360. The van der Waals surface area contributed by atoms with E-state index in [2.05, 4.69) is 4.90 Å². The first kappa shape index (κ1) is 17.8. The van der Waals surface area contributed by atoms with Crippen LogP contribution in [0.2, 0.25) is 0 Å². The second-order valence-corrected chi connectivity index (χ2v) is 6.54. The van der Waals surface area contributed by atoms with Crippen molar-refractivity contribution in [2.75, 3.05) is 39.5 Å². The molecule has 0 unspecified atom stereocenters. The second-order valence-electron chi connectivity index (χ2n) is 6.54. The summed E-state index contributed by atoms with van der Waals surface area (Å²) in [6.45, 7) is 7.41. The Balaban J connectivity index is 1.61. The molecule has 0 atom stereocenters. The van der Waals surface area contributed by atoms with E-state index in [0.29, 0.717) is 12.2 Å². The van der Waals surface area contributed by atoms with Gasteiger partial charge in [0.05, 0.1) is 37.6 Å². The van der Waals surface area contributed by atoms with Gasteiger partial charge in [-0.3, -0.25) is 9.58 Å². The van der Waals surface area contributed by atoms with E-state index in [1.165, 1.54) is 0 Å². The lowest BCUT2D eigenvalue weighted by Crippen LogP contribution is -2.38. The number of esters is 1. The average Bonchev–Trinajstić information content (AvgIpc) is 3.31. The summed E-state index contributed by atoms with van der Waals surface area (Å²) >= 11 is 0. The smallest absolute Gasteiger partial charge is 0.340 e. The lowest BCUT2D eigenvalue weighted by atomic mass is 10.2. The number of carbonyl (C=O) groups is 1. The molecule has 1 aliphatic heterocycles. The number of aromatic nitrogens is 3. The van der Waals surface area contributed by atoms with Gasteiger partial charge in [-0.1, -0.05) is 6.07 Å². The third-order valence-electron chi connectivity index (χ3n) is 4.81. The van der Waals surface area contributed by atoms with Crippen LogP contribution in [-0.4, -0.2) is 64.5 Å². The van der Waals surface area contributed by atoms with Gasteiger partial charge in [0.25, 0.3) is 0 Å². The number of morpholine rings is 1. The monoisotopic (exact) mass is 368 g/mol. The van der Waals surface area contributed by atoms with Gasteiger partial charge >= 0.3 is 5.97 Å². The normalized spacial score (nSPS) is 15.3. The van der Waals surface area contributed by atoms with Crippen molar-refractivity contribution in [3.8, 4) is 11.4 Å². The quantitative estimate of drug-likeness (QED) is 0.625. The van der Waals surface area contributed by atoms with Crippen LogP contribution in [0.25, 0.3) is 16.9 Å². The first-order valence-corrected chi connectivity index (χ1v) is 9.37. The molecule has 7 heteroatoms. The lowest BCUT2D eigenvalue weighted by Gasteiger charge is -2.26. The molecule has 4 heterocycles. The molecule has 1 aliphatic rings. The van der Waals surface area contributed by atoms with E-state index in [9.17, 15) is 4.79 Å². The van der Waals surface area contributed by atoms with Crippen molar-refractivity contribution in [1.29, 1.82) is 0 Å². The summed E-state index contributed by atoms with van der Waals surface area (Å²) < 4.78 is 14.6. The van der Waals surface area contributed by atoms with Crippen LogP contribution in [0, 0.1) is 0 Å². The molecule has 0 aliphatic carbocycles. The van der Waals surface area contributed by atoms with E-state index in [-0.39, 0.29) is 5.97 Å². The Kier molecular flexibility index (Phi) is 5.22. The Morgan fingerprint density at radius 3 is 2.85 bits per heavy atom. The molecular weight excluding hydrogens is 344 g/mol. The van der Waals surface area contributed by atoms with E-state index in [1.54, 1.807) is 0 Å². The van der Waals surface area contributed by atoms with E-state index < -0.39 is 0 Å². The fraction of sp³-hybridized carbons (Fsp3) is 0.400. The number of fused-ring (bicyclic) bond motifs is 1. The Labute approximate surface area is 158 Å². The highest BCUT2D eigenvalue weighted by molar-refractivity contribution is 5.98. The molecule has 4 rings (SSSR count). The van der Waals surface area contributed by atoms with Gasteiger partial charge < -0.3 is 13.9 Å². The topological polar surface area (TPSA) is 61.0 Å². The summed E-state index contributed by atoms with van der Waals surface area (Å²) in [5.74, 6) is -0.320. The molecule has 3 aromatic heterocycles. The van der Waals surface area contributed by atoms with Crippen molar-refractivity contribution in [3.63, 3.8) is 0 Å². The van der Waals surface area contributed by atoms with Crippen molar-refractivity contribution in [3.05, 3.63) is 48.3 Å². The Morgan fingerprint density at radius 2 is 2.04 bits per heavy atom. The van der Waals surface area contributed by atoms with Gasteiger partial charge in [0.15, 0.2) is 0 Å². The van der Waals surface area contributed by atoms with Gasteiger partial charge in [-0.25, -0.2) is 4.79 Å². The molecule has 0 amide bonds. The van der Waals surface area contributed by atoms with Crippen LogP contribution in [0.3, 0.4) is 0 Å².